The van der Waals surface area contributed by atoms with Gasteiger partial charge in [0.2, 0.25) is 5.91 Å². The van der Waals surface area contributed by atoms with Crippen LogP contribution in [0.1, 0.15) is 28.3 Å². The summed E-state index contributed by atoms with van der Waals surface area (Å²) in [5.74, 6) is 0.298. The molecular formula is C21H21FN2O2. The van der Waals surface area contributed by atoms with E-state index in [1.165, 1.54) is 12.1 Å². The predicted octanol–water partition coefficient (Wildman–Crippen LogP) is 4.21. The maximum Gasteiger partial charge on any atom is 0.244 e. The summed E-state index contributed by atoms with van der Waals surface area (Å²) in [6, 6.07) is 12.2. The van der Waals surface area contributed by atoms with E-state index < -0.39 is 0 Å². The number of halogens is 1. The van der Waals surface area contributed by atoms with Crippen LogP contribution in [0.2, 0.25) is 0 Å². The van der Waals surface area contributed by atoms with Crippen molar-refractivity contribution in [1.29, 1.82) is 0 Å². The van der Waals surface area contributed by atoms with Crippen LogP contribution in [0.4, 0.5) is 4.39 Å². The van der Waals surface area contributed by atoms with Crippen LogP contribution in [-0.2, 0) is 17.9 Å². The van der Waals surface area contributed by atoms with Gasteiger partial charge >= 0.3 is 0 Å². The molecular weight excluding hydrogens is 331 g/mol. The predicted molar refractivity (Wildman–Crippen MR) is 99.0 cm³/mol. The first kappa shape index (κ1) is 17.7. The minimum Gasteiger partial charge on any atom is -0.467 e. The van der Waals surface area contributed by atoms with Gasteiger partial charge in [-0.3, -0.25) is 4.79 Å². The number of nitrogens with zero attached hydrogens (tertiary/aromatic N) is 1. The number of carbonyl (C=O) groups is 1. The van der Waals surface area contributed by atoms with Crippen molar-refractivity contribution >= 4 is 12.0 Å². The molecule has 0 atom stereocenters. The Morgan fingerprint density at radius 3 is 2.77 bits per heavy atom. The number of benzene rings is 1. The van der Waals surface area contributed by atoms with E-state index in [1.807, 2.05) is 32.0 Å². The van der Waals surface area contributed by atoms with Crippen molar-refractivity contribution in [3.8, 4) is 0 Å². The molecule has 134 valence electrons. The highest BCUT2D eigenvalue weighted by atomic mass is 19.1. The second-order valence-corrected chi connectivity index (χ2v) is 6.13. The molecule has 0 saturated heterocycles. The van der Waals surface area contributed by atoms with Crippen LogP contribution >= 0.6 is 0 Å². The number of aryl methyl sites for hydroxylation is 1. The number of rotatable bonds is 6. The third-order valence-electron chi connectivity index (χ3n) is 4.33. The van der Waals surface area contributed by atoms with Gasteiger partial charge in [0.05, 0.1) is 12.8 Å². The van der Waals surface area contributed by atoms with E-state index in [4.69, 9.17) is 4.42 Å². The summed E-state index contributed by atoms with van der Waals surface area (Å²) in [5.41, 5.74) is 3.57. The number of hydrogen-bond acceptors (Lipinski definition) is 2. The highest BCUT2D eigenvalue weighted by Crippen LogP contribution is 2.18. The zero-order valence-electron chi connectivity index (χ0n) is 14.8. The number of furan rings is 1. The Morgan fingerprint density at radius 1 is 1.23 bits per heavy atom. The van der Waals surface area contributed by atoms with Gasteiger partial charge in [-0.2, -0.15) is 0 Å². The SMILES string of the molecule is Cc1cc(/C=C/C(=O)NCc2ccccc2F)c(C)n1Cc1ccco1. The van der Waals surface area contributed by atoms with Crippen molar-refractivity contribution < 1.29 is 13.6 Å². The fourth-order valence-corrected chi connectivity index (χ4v) is 2.85. The van der Waals surface area contributed by atoms with Crippen molar-refractivity contribution in [2.24, 2.45) is 0 Å². The van der Waals surface area contributed by atoms with E-state index in [2.05, 4.69) is 9.88 Å². The highest BCUT2D eigenvalue weighted by Gasteiger charge is 2.09. The fourth-order valence-electron chi connectivity index (χ4n) is 2.85. The van der Waals surface area contributed by atoms with E-state index in [-0.39, 0.29) is 18.3 Å². The molecule has 0 spiro atoms. The van der Waals surface area contributed by atoms with Crippen LogP contribution in [-0.4, -0.2) is 10.5 Å². The van der Waals surface area contributed by atoms with Gasteiger partial charge < -0.3 is 14.3 Å². The Morgan fingerprint density at radius 2 is 2.04 bits per heavy atom. The maximum atomic E-state index is 13.6. The van der Waals surface area contributed by atoms with Crippen molar-refractivity contribution in [2.75, 3.05) is 0 Å². The number of amides is 1. The highest BCUT2D eigenvalue weighted by molar-refractivity contribution is 5.91. The topological polar surface area (TPSA) is 47.2 Å². The Hall–Kier alpha value is -3.08. The van der Waals surface area contributed by atoms with E-state index in [1.54, 1.807) is 30.5 Å². The Labute approximate surface area is 152 Å². The molecule has 1 amide bonds. The minimum atomic E-state index is -0.321. The normalized spacial score (nSPS) is 11.2. The van der Waals surface area contributed by atoms with Gasteiger partial charge in [0.25, 0.3) is 0 Å². The van der Waals surface area contributed by atoms with Crippen LogP contribution in [0.5, 0.6) is 0 Å². The molecule has 1 N–H and O–H groups in total. The molecule has 0 aliphatic rings. The monoisotopic (exact) mass is 352 g/mol. The first-order valence-corrected chi connectivity index (χ1v) is 8.43. The van der Waals surface area contributed by atoms with Crippen molar-refractivity contribution in [2.45, 2.75) is 26.9 Å². The zero-order chi connectivity index (χ0) is 18.5. The van der Waals surface area contributed by atoms with Gasteiger partial charge in [0, 0.05) is 29.6 Å². The minimum absolute atomic E-state index is 0.160. The van der Waals surface area contributed by atoms with Gasteiger partial charge in [-0.05, 0) is 49.8 Å². The van der Waals surface area contributed by atoms with E-state index >= 15 is 0 Å². The molecule has 0 radical (unpaired) electrons. The molecule has 26 heavy (non-hydrogen) atoms. The second kappa shape index (κ2) is 7.87. The fraction of sp³-hybridized carbons (Fsp3) is 0.190. The van der Waals surface area contributed by atoms with Crippen LogP contribution in [0.15, 0.2) is 59.2 Å². The number of hydrogen-bond donors (Lipinski definition) is 1. The molecule has 0 aliphatic heterocycles. The van der Waals surface area contributed by atoms with E-state index in [0.717, 1.165) is 22.7 Å². The molecule has 0 bridgehead atoms. The molecule has 3 aromatic rings. The Balaban J connectivity index is 1.64. The lowest BCUT2D eigenvalue weighted by molar-refractivity contribution is -0.116. The lowest BCUT2D eigenvalue weighted by Crippen LogP contribution is -2.20. The van der Waals surface area contributed by atoms with Crippen LogP contribution in [0.3, 0.4) is 0 Å². The number of aromatic nitrogens is 1. The summed E-state index contributed by atoms with van der Waals surface area (Å²) >= 11 is 0. The van der Waals surface area contributed by atoms with Gasteiger partial charge in [0.15, 0.2) is 0 Å². The molecule has 0 saturated carbocycles. The van der Waals surface area contributed by atoms with Gasteiger partial charge in [-0.15, -0.1) is 0 Å². The third-order valence-corrected chi connectivity index (χ3v) is 4.33. The summed E-state index contributed by atoms with van der Waals surface area (Å²) in [5, 5.41) is 2.70. The van der Waals surface area contributed by atoms with E-state index in [0.29, 0.717) is 12.1 Å². The number of nitrogens with one attached hydrogen (secondary N) is 1. The summed E-state index contributed by atoms with van der Waals surface area (Å²) < 4.78 is 21.1. The van der Waals surface area contributed by atoms with Gasteiger partial charge in [-0.1, -0.05) is 18.2 Å². The summed E-state index contributed by atoms with van der Waals surface area (Å²) in [6.45, 7) is 4.84. The summed E-state index contributed by atoms with van der Waals surface area (Å²) in [7, 11) is 0. The van der Waals surface area contributed by atoms with Crippen molar-refractivity contribution in [3.63, 3.8) is 0 Å². The van der Waals surface area contributed by atoms with Crippen molar-refractivity contribution in [3.05, 3.63) is 88.9 Å². The average molecular weight is 352 g/mol. The Kier molecular flexibility index (Phi) is 5.37. The second-order valence-electron chi connectivity index (χ2n) is 6.13. The van der Waals surface area contributed by atoms with Crippen LogP contribution < -0.4 is 5.32 Å². The number of carbonyl (C=O) groups excluding carboxylic acids is 1. The lowest BCUT2D eigenvalue weighted by atomic mass is 10.2. The zero-order valence-corrected chi connectivity index (χ0v) is 14.8. The first-order valence-electron chi connectivity index (χ1n) is 8.43. The molecule has 5 heteroatoms. The molecule has 4 nitrogen and oxygen atoms in total. The first-order chi connectivity index (χ1) is 12.5. The quantitative estimate of drug-likeness (QED) is 0.676. The third kappa shape index (κ3) is 4.11. The molecule has 0 aliphatic carbocycles. The molecule has 3 rings (SSSR count). The average Bonchev–Trinajstić information content (AvgIpc) is 3.23. The maximum absolute atomic E-state index is 13.6. The van der Waals surface area contributed by atoms with Crippen LogP contribution in [0.25, 0.3) is 6.08 Å². The van der Waals surface area contributed by atoms with E-state index in [9.17, 15) is 9.18 Å². The van der Waals surface area contributed by atoms with Gasteiger partial charge in [0.1, 0.15) is 11.6 Å². The summed E-state index contributed by atoms with van der Waals surface area (Å²) in [6.07, 6.45) is 4.90. The lowest BCUT2D eigenvalue weighted by Gasteiger charge is -2.07. The molecule has 2 aromatic heterocycles. The smallest absolute Gasteiger partial charge is 0.244 e. The summed E-state index contributed by atoms with van der Waals surface area (Å²) in [4.78, 5) is 12.0. The largest absolute Gasteiger partial charge is 0.467 e. The molecule has 0 fully saturated rings. The standard InChI is InChI=1S/C21H21FN2O2/c1-15-12-17(16(2)24(15)14-19-7-5-11-26-19)9-10-21(25)23-13-18-6-3-4-8-20(18)22/h3-12H,13-14H2,1-2H3,(H,23,25)/b10-9+. The molecule has 2 heterocycles. The molecule has 0 unspecified atom stereocenters. The van der Waals surface area contributed by atoms with Crippen molar-refractivity contribution in [1.82, 2.24) is 9.88 Å². The Bertz CT molecular complexity index is 924. The van der Waals surface area contributed by atoms with Gasteiger partial charge in [-0.25, -0.2) is 4.39 Å². The van der Waals surface area contributed by atoms with Crippen LogP contribution in [0, 0.1) is 19.7 Å². The molecule has 1 aromatic carbocycles.